The number of hydrogen-bond donors (Lipinski definition) is 1. The molecule has 15 heavy (non-hydrogen) atoms. The van der Waals surface area contributed by atoms with E-state index >= 15 is 0 Å². The van der Waals surface area contributed by atoms with Gasteiger partial charge in [0.2, 0.25) is 5.91 Å². The molecule has 0 heterocycles. The molecule has 0 unspecified atom stereocenters. The molecule has 82 valence electrons. The van der Waals surface area contributed by atoms with Crippen molar-refractivity contribution in [1.29, 1.82) is 0 Å². The van der Waals surface area contributed by atoms with Gasteiger partial charge in [-0.15, -0.1) is 0 Å². The van der Waals surface area contributed by atoms with Crippen molar-refractivity contribution in [2.24, 2.45) is 0 Å². The first kappa shape index (κ1) is 12.2. The smallest absolute Gasteiger partial charge is 0.246 e. The molecule has 1 amide bonds. The van der Waals surface area contributed by atoms with Gasteiger partial charge in [0.15, 0.2) is 0 Å². The molecule has 1 aromatic carbocycles. The molecule has 0 aliphatic carbocycles. The van der Waals surface area contributed by atoms with E-state index in [9.17, 15) is 4.79 Å². The van der Waals surface area contributed by atoms with Crippen LogP contribution in [-0.2, 0) is 9.53 Å². The van der Waals surface area contributed by atoms with E-state index in [1.165, 1.54) is 7.11 Å². The number of nitrogens with one attached hydrogen (secondary N) is 1. The summed E-state index contributed by atoms with van der Waals surface area (Å²) < 4.78 is 5.75. The Labute approximate surface area is 97.9 Å². The number of hydrogen-bond acceptors (Lipinski definition) is 2. The Morgan fingerprint density at radius 3 is 2.93 bits per heavy atom. The SMILES string of the molecule is COCC(=O)N[C@@H](C)c1cccc(Br)c1. The number of carbonyl (C=O) groups excluding carboxylic acids is 1. The first-order chi connectivity index (χ1) is 7.13. The Bertz CT molecular complexity index is 341. The second-order valence-corrected chi connectivity index (χ2v) is 4.19. The fourth-order valence-electron chi connectivity index (χ4n) is 1.27. The van der Waals surface area contributed by atoms with Crippen LogP contribution in [-0.4, -0.2) is 19.6 Å². The predicted octanol–water partition coefficient (Wildman–Crippen LogP) is 2.27. The van der Waals surface area contributed by atoms with Crippen molar-refractivity contribution in [3.63, 3.8) is 0 Å². The van der Waals surface area contributed by atoms with E-state index in [-0.39, 0.29) is 18.6 Å². The van der Waals surface area contributed by atoms with Crippen molar-refractivity contribution in [1.82, 2.24) is 5.32 Å². The average Bonchev–Trinajstić information content (AvgIpc) is 2.18. The monoisotopic (exact) mass is 271 g/mol. The summed E-state index contributed by atoms with van der Waals surface area (Å²) in [5, 5.41) is 2.84. The highest BCUT2D eigenvalue weighted by Gasteiger charge is 2.08. The van der Waals surface area contributed by atoms with Crippen LogP contribution in [0.25, 0.3) is 0 Å². The maximum absolute atomic E-state index is 11.3. The summed E-state index contributed by atoms with van der Waals surface area (Å²) in [4.78, 5) is 11.3. The minimum atomic E-state index is -0.107. The Hall–Kier alpha value is -0.870. The van der Waals surface area contributed by atoms with Crippen LogP contribution in [0.2, 0.25) is 0 Å². The maximum Gasteiger partial charge on any atom is 0.246 e. The lowest BCUT2D eigenvalue weighted by molar-refractivity contribution is -0.125. The van der Waals surface area contributed by atoms with Gasteiger partial charge in [-0.2, -0.15) is 0 Å². The van der Waals surface area contributed by atoms with Crippen LogP contribution in [0.4, 0.5) is 0 Å². The van der Waals surface area contributed by atoms with E-state index in [1.807, 2.05) is 31.2 Å². The van der Waals surface area contributed by atoms with Crippen LogP contribution in [0.1, 0.15) is 18.5 Å². The molecule has 1 atom stereocenters. The second kappa shape index (κ2) is 5.88. The van der Waals surface area contributed by atoms with Gasteiger partial charge in [-0.3, -0.25) is 4.79 Å². The van der Waals surface area contributed by atoms with E-state index in [4.69, 9.17) is 4.74 Å². The zero-order valence-corrected chi connectivity index (χ0v) is 10.4. The minimum absolute atomic E-state index is 0.00912. The molecular formula is C11H14BrNO2. The first-order valence-electron chi connectivity index (χ1n) is 4.67. The fourth-order valence-corrected chi connectivity index (χ4v) is 1.69. The lowest BCUT2D eigenvalue weighted by Gasteiger charge is -2.14. The largest absolute Gasteiger partial charge is 0.375 e. The topological polar surface area (TPSA) is 38.3 Å². The highest BCUT2D eigenvalue weighted by molar-refractivity contribution is 9.10. The molecule has 0 fully saturated rings. The third-order valence-electron chi connectivity index (χ3n) is 2.00. The normalized spacial score (nSPS) is 12.2. The molecule has 1 rings (SSSR count). The average molecular weight is 272 g/mol. The zero-order valence-electron chi connectivity index (χ0n) is 8.79. The van der Waals surface area contributed by atoms with Crippen LogP contribution in [0.5, 0.6) is 0 Å². The highest BCUT2D eigenvalue weighted by Crippen LogP contribution is 2.17. The van der Waals surface area contributed by atoms with Crippen molar-refractivity contribution in [2.75, 3.05) is 13.7 Å². The summed E-state index contributed by atoms with van der Waals surface area (Å²) in [5.74, 6) is -0.107. The van der Waals surface area contributed by atoms with Crippen LogP contribution >= 0.6 is 15.9 Å². The third-order valence-corrected chi connectivity index (χ3v) is 2.49. The molecule has 3 nitrogen and oxygen atoms in total. The number of ether oxygens (including phenoxy) is 1. The summed E-state index contributed by atoms with van der Waals surface area (Å²) in [6.45, 7) is 2.04. The van der Waals surface area contributed by atoms with E-state index in [0.717, 1.165) is 10.0 Å². The number of methoxy groups -OCH3 is 1. The van der Waals surface area contributed by atoms with Gasteiger partial charge >= 0.3 is 0 Å². The van der Waals surface area contributed by atoms with Crippen molar-refractivity contribution >= 4 is 21.8 Å². The van der Waals surface area contributed by atoms with Gasteiger partial charge in [-0.25, -0.2) is 0 Å². The van der Waals surface area contributed by atoms with Crippen LogP contribution in [0.15, 0.2) is 28.7 Å². The van der Waals surface area contributed by atoms with Gasteiger partial charge in [-0.1, -0.05) is 28.1 Å². The number of carbonyl (C=O) groups is 1. The van der Waals surface area contributed by atoms with Crippen molar-refractivity contribution < 1.29 is 9.53 Å². The molecule has 0 bridgehead atoms. The van der Waals surface area contributed by atoms with E-state index in [0.29, 0.717) is 0 Å². The molecule has 1 N–H and O–H groups in total. The molecule has 0 saturated carbocycles. The Balaban J connectivity index is 2.60. The quantitative estimate of drug-likeness (QED) is 0.913. The minimum Gasteiger partial charge on any atom is -0.375 e. The number of rotatable bonds is 4. The van der Waals surface area contributed by atoms with Crippen molar-refractivity contribution in [3.05, 3.63) is 34.3 Å². The lowest BCUT2D eigenvalue weighted by atomic mass is 10.1. The molecule has 4 heteroatoms. The molecule has 1 aromatic rings. The lowest BCUT2D eigenvalue weighted by Crippen LogP contribution is -2.29. The summed E-state index contributed by atoms with van der Waals surface area (Å²) >= 11 is 3.39. The standard InChI is InChI=1S/C11H14BrNO2/c1-8(13-11(14)7-15-2)9-4-3-5-10(12)6-9/h3-6,8H,7H2,1-2H3,(H,13,14)/t8-/m0/s1. The Morgan fingerprint density at radius 1 is 1.60 bits per heavy atom. The molecule has 0 aliphatic rings. The summed E-state index contributed by atoms with van der Waals surface area (Å²) in [6, 6.07) is 7.84. The van der Waals surface area contributed by atoms with Crippen LogP contribution < -0.4 is 5.32 Å². The van der Waals surface area contributed by atoms with Gasteiger partial charge in [0.05, 0.1) is 6.04 Å². The van der Waals surface area contributed by atoms with E-state index in [1.54, 1.807) is 0 Å². The van der Waals surface area contributed by atoms with Gasteiger partial charge in [0, 0.05) is 11.6 Å². The Morgan fingerprint density at radius 2 is 2.33 bits per heavy atom. The zero-order chi connectivity index (χ0) is 11.3. The van der Waals surface area contributed by atoms with Crippen LogP contribution in [0.3, 0.4) is 0 Å². The Kier molecular flexibility index (Phi) is 4.78. The van der Waals surface area contributed by atoms with Gasteiger partial charge < -0.3 is 10.1 Å². The summed E-state index contributed by atoms with van der Waals surface area (Å²) in [6.07, 6.45) is 0. The fraction of sp³-hybridized carbons (Fsp3) is 0.364. The molecule has 0 aromatic heterocycles. The van der Waals surface area contributed by atoms with E-state index < -0.39 is 0 Å². The van der Waals surface area contributed by atoms with Gasteiger partial charge in [0.25, 0.3) is 0 Å². The molecule has 0 radical (unpaired) electrons. The van der Waals surface area contributed by atoms with Crippen LogP contribution in [0, 0.1) is 0 Å². The van der Waals surface area contributed by atoms with Crippen molar-refractivity contribution in [3.8, 4) is 0 Å². The molecule has 0 aliphatic heterocycles. The predicted molar refractivity (Wildman–Crippen MR) is 62.6 cm³/mol. The number of amides is 1. The van der Waals surface area contributed by atoms with Crippen molar-refractivity contribution in [2.45, 2.75) is 13.0 Å². The molecular weight excluding hydrogens is 258 g/mol. The van der Waals surface area contributed by atoms with Gasteiger partial charge in [0.1, 0.15) is 6.61 Å². The van der Waals surface area contributed by atoms with Gasteiger partial charge in [-0.05, 0) is 24.6 Å². The molecule has 0 saturated heterocycles. The van der Waals surface area contributed by atoms with E-state index in [2.05, 4.69) is 21.2 Å². The number of halogens is 1. The first-order valence-corrected chi connectivity index (χ1v) is 5.46. The number of benzene rings is 1. The third kappa shape index (κ3) is 4.01. The highest BCUT2D eigenvalue weighted by atomic mass is 79.9. The molecule has 0 spiro atoms. The maximum atomic E-state index is 11.3. The summed E-state index contributed by atoms with van der Waals surface area (Å²) in [7, 11) is 1.50. The summed E-state index contributed by atoms with van der Waals surface area (Å²) in [5.41, 5.74) is 1.06. The second-order valence-electron chi connectivity index (χ2n) is 3.28.